The number of anilines is 1. The Hall–Kier alpha value is -2.82. The predicted octanol–water partition coefficient (Wildman–Crippen LogP) is 2.92. The number of para-hydroxylation sites is 1. The molecule has 0 saturated carbocycles. The highest BCUT2D eigenvalue weighted by Crippen LogP contribution is 2.29. The summed E-state index contributed by atoms with van der Waals surface area (Å²) in [6.07, 6.45) is 0.509. The van der Waals surface area contributed by atoms with Gasteiger partial charge in [0.05, 0.1) is 5.71 Å². The highest BCUT2D eigenvalue weighted by Gasteiger charge is 2.45. The van der Waals surface area contributed by atoms with E-state index in [-0.39, 0.29) is 5.91 Å². The fourth-order valence-electron chi connectivity index (χ4n) is 3.58. The molecule has 0 N–H and O–H groups in total. The Morgan fingerprint density at radius 2 is 1.58 bits per heavy atom. The normalized spacial score (nSPS) is 22.7. The van der Waals surface area contributed by atoms with Crippen molar-refractivity contribution in [2.75, 3.05) is 31.1 Å². The van der Waals surface area contributed by atoms with Crippen molar-refractivity contribution in [3.05, 3.63) is 66.2 Å². The summed E-state index contributed by atoms with van der Waals surface area (Å²) in [6.45, 7) is 4.91. The van der Waals surface area contributed by atoms with E-state index in [0.29, 0.717) is 19.5 Å². The predicted molar refractivity (Wildman–Crippen MR) is 102 cm³/mol. The smallest absolute Gasteiger partial charge is 0.269 e. The molecule has 134 valence electrons. The minimum atomic E-state index is -0.903. The average Bonchev–Trinajstić information content (AvgIpc) is 3.12. The van der Waals surface area contributed by atoms with Crippen LogP contribution in [0.15, 0.2) is 65.8 Å². The molecule has 2 aromatic carbocycles. The fourth-order valence-corrected chi connectivity index (χ4v) is 3.58. The quantitative estimate of drug-likeness (QED) is 0.856. The van der Waals surface area contributed by atoms with E-state index in [1.165, 1.54) is 5.69 Å². The number of carbonyl (C=O) groups is 1. The van der Waals surface area contributed by atoms with Gasteiger partial charge in [0.15, 0.2) is 0 Å². The lowest BCUT2D eigenvalue weighted by atomic mass is 9.94. The zero-order valence-electron chi connectivity index (χ0n) is 15.0. The average molecular weight is 349 g/mol. The molecule has 1 atom stereocenters. The lowest BCUT2D eigenvalue weighted by Gasteiger charge is -2.38. The molecule has 1 fully saturated rings. The molecule has 2 aliphatic rings. The third-order valence-corrected chi connectivity index (χ3v) is 5.11. The second-order valence-corrected chi connectivity index (χ2v) is 7.02. The molecule has 0 radical (unpaired) electrons. The Labute approximate surface area is 153 Å². The number of rotatable bonds is 3. The molecule has 2 aliphatic heterocycles. The van der Waals surface area contributed by atoms with Crippen LogP contribution in [0.3, 0.4) is 0 Å². The van der Waals surface area contributed by atoms with Crippen molar-refractivity contribution in [2.45, 2.75) is 18.9 Å². The van der Waals surface area contributed by atoms with Crippen molar-refractivity contribution in [1.29, 1.82) is 0 Å². The third-order valence-electron chi connectivity index (χ3n) is 5.11. The van der Waals surface area contributed by atoms with Gasteiger partial charge in [-0.2, -0.15) is 0 Å². The first kappa shape index (κ1) is 16.6. The van der Waals surface area contributed by atoms with E-state index in [1.807, 2.05) is 60.4 Å². The topological polar surface area (TPSA) is 45.1 Å². The molecular weight excluding hydrogens is 326 g/mol. The fraction of sp³-hybridized carbons (Fsp3) is 0.333. The minimum absolute atomic E-state index is 0.0277. The van der Waals surface area contributed by atoms with Crippen molar-refractivity contribution >= 4 is 17.3 Å². The number of hydrogen-bond acceptors (Lipinski definition) is 4. The second-order valence-electron chi connectivity index (χ2n) is 7.02. The van der Waals surface area contributed by atoms with Gasteiger partial charge in [-0.1, -0.05) is 53.7 Å². The van der Waals surface area contributed by atoms with Crippen LogP contribution in [0.2, 0.25) is 0 Å². The molecule has 0 aliphatic carbocycles. The largest absolute Gasteiger partial charge is 0.379 e. The summed E-state index contributed by atoms with van der Waals surface area (Å²) in [7, 11) is 0. The summed E-state index contributed by atoms with van der Waals surface area (Å²) in [5.41, 5.74) is 2.15. The van der Waals surface area contributed by atoms with Gasteiger partial charge in [0.25, 0.3) is 5.91 Å². The standard InChI is InChI=1S/C21H23N3O2/c1-21(16-19(22-26-21)17-8-4-2-5-9-17)20(25)24-14-12-23(13-15-24)18-10-6-3-7-11-18/h2-11H,12-16H2,1H3/t21-/m1/s1. The van der Waals surface area contributed by atoms with Crippen molar-refractivity contribution in [2.24, 2.45) is 5.16 Å². The second kappa shape index (κ2) is 6.83. The van der Waals surface area contributed by atoms with E-state index in [1.54, 1.807) is 0 Å². The number of piperazine rings is 1. The van der Waals surface area contributed by atoms with Crippen molar-refractivity contribution in [3.8, 4) is 0 Å². The molecule has 26 heavy (non-hydrogen) atoms. The maximum Gasteiger partial charge on any atom is 0.269 e. The first-order valence-electron chi connectivity index (χ1n) is 9.06. The Morgan fingerprint density at radius 1 is 0.962 bits per heavy atom. The van der Waals surface area contributed by atoms with E-state index < -0.39 is 5.60 Å². The van der Waals surface area contributed by atoms with Gasteiger partial charge in [0.1, 0.15) is 0 Å². The molecule has 4 rings (SSSR count). The molecule has 5 nitrogen and oxygen atoms in total. The number of oxime groups is 1. The summed E-state index contributed by atoms with van der Waals surface area (Å²) in [4.78, 5) is 22.9. The minimum Gasteiger partial charge on any atom is -0.379 e. The lowest BCUT2D eigenvalue weighted by Crippen LogP contribution is -2.55. The first-order valence-corrected chi connectivity index (χ1v) is 9.06. The molecule has 2 aromatic rings. The summed E-state index contributed by atoms with van der Waals surface area (Å²) < 4.78 is 0. The van der Waals surface area contributed by atoms with Crippen LogP contribution in [0, 0.1) is 0 Å². The summed E-state index contributed by atoms with van der Waals surface area (Å²) in [5, 5.41) is 4.20. The monoisotopic (exact) mass is 349 g/mol. The molecule has 1 saturated heterocycles. The number of carbonyl (C=O) groups excluding carboxylic acids is 1. The van der Waals surface area contributed by atoms with Gasteiger partial charge in [-0.3, -0.25) is 4.79 Å². The van der Waals surface area contributed by atoms with E-state index in [9.17, 15) is 4.79 Å². The lowest BCUT2D eigenvalue weighted by molar-refractivity contribution is -0.153. The van der Waals surface area contributed by atoms with Crippen LogP contribution in [0.4, 0.5) is 5.69 Å². The number of amides is 1. The van der Waals surface area contributed by atoms with Crippen LogP contribution < -0.4 is 4.90 Å². The SMILES string of the molecule is C[C@]1(C(=O)N2CCN(c3ccccc3)CC2)CC(c2ccccc2)=NO1. The van der Waals surface area contributed by atoms with Crippen molar-refractivity contribution in [3.63, 3.8) is 0 Å². The summed E-state index contributed by atoms with van der Waals surface area (Å²) >= 11 is 0. The van der Waals surface area contributed by atoms with Crippen LogP contribution in [-0.2, 0) is 9.63 Å². The Kier molecular flexibility index (Phi) is 4.37. The van der Waals surface area contributed by atoms with Gasteiger partial charge in [0.2, 0.25) is 5.60 Å². The Morgan fingerprint density at radius 3 is 2.23 bits per heavy atom. The maximum absolute atomic E-state index is 13.1. The molecule has 2 heterocycles. The van der Waals surface area contributed by atoms with Crippen molar-refractivity contribution in [1.82, 2.24) is 4.90 Å². The summed E-state index contributed by atoms with van der Waals surface area (Å²) in [5.74, 6) is 0.0277. The molecule has 0 bridgehead atoms. The molecular formula is C21H23N3O2. The van der Waals surface area contributed by atoms with Gasteiger partial charge in [0, 0.05) is 38.3 Å². The van der Waals surface area contributed by atoms with E-state index in [2.05, 4.69) is 22.2 Å². The van der Waals surface area contributed by atoms with Crippen molar-refractivity contribution < 1.29 is 9.63 Å². The van der Waals surface area contributed by atoms with Gasteiger partial charge < -0.3 is 14.6 Å². The highest BCUT2D eigenvalue weighted by atomic mass is 16.7. The zero-order chi connectivity index (χ0) is 18.0. The van der Waals surface area contributed by atoms with Crippen LogP contribution in [0.1, 0.15) is 18.9 Å². The molecule has 0 spiro atoms. The van der Waals surface area contributed by atoms with Crippen LogP contribution in [0.25, 0.3) is 0 Å². The number of nitrogens with zero attached hydrogens (tertiary/aromatic N) is 3. The number of benzene rings is 2. The van der Waals surface area contributed by atoms with Crippen LogP contribution in [0.5, 0.6) is 0 Å². The van der Waals surface area contributed by atoms with Gasteiger partial charge in [-0.05, 0) is 24.6 Å². The maximum atomic E-state index is 13.1. The molecule has 5 heteroatoms. The highest BCUT2D eigenvalue weighted by molar-refractivity contribution is 6.05. The molecule has 0 aromatic heterocycles. The molecule has 1 amide bonds. The van der Waals surface area contributed by atoms with Gasteiger partial charge >= 0.3 is 0 Å². The van der Waals surface area contributed by atoms with E-state index >= 15 is 0 Å². The Bertz CT molecular complexity index is 799. The first-order chi connectivity index (χ1) is 12.7. The van der Waals surface area contributed by atoms with Gasteiger partial charge in [-0.15, -0.1) is 0 Å². The van der Waals surface area contributed by atoms with E-state index in [0.717, 1.165) is 24.4 Å². The van der Waals surface area contributed by atoms with Crippen LogP contribution >= 0.6 is 0 Å². The van der Waals surface area contributed by atoms with Crippen LogP contribution in [-0.4, -0.2) is 48.3 Å². The van der Waals surface area contributed by atoms with E-state index in [4.69, 9.17) is 4.84 Å². The molecule has 0 unspecified atom stereocenters. The summed E-state index contributed by atoms with van der Waals surface area (Å²) in [6, 6.07) is 20.2. The zero-order valence-corrected chi connectivity index (χ0v) is 15.0. The Balaban J connectivity index is 1.38. The third kappa shape index (κ3) is 3.17. The van der Waals surface area contributed by atoms with Gasteiger partial charge in [-0.25, -0.2) is 0 Å². The number of hydrogen-bond donors (Lipinski definition) is 0.